The second-order valence-corrected chi connectivity index (χ2v) is 7.98. The normalized spacial score (nSPS) is 14.6. The fourth-order valence-electron chi connectivity index (χ4n) is 3.53. The van der Waals surface area contributed by atoms with E-state index in [0.717, 1.165) is 28.8 Å². The van der Waals surface area contributed by atoms with E-state index in [1.54, 1.807) is 39.5 Å². The summed E-state index contributed by atoms with van der Waals surface area (Å²) in [4.78, 5) is 19.4. The first kappa shape index (κ1) is 20.3. The first-order valence-electron chi connectivity index (χ1n) is 9.74. The van der Waals surface area contributed by atoms with Gasteiger partial charge in [0.2, 0.25) is 0 Å². The van der Waals surface area contributed by atoms with Crippen molar-refractivity contribution in [1.82, 2.24) is 9.88 Å². The van der Waals surface area contributed by atoms with Gasteiger partial charge in [-0.25, -0.2) is 4.98 Å². The van der Waals surface area contributed by atoms with Crippen LogP contribution in [0, 0.1) is 0 Å². The van der Waals surface area contributed by atoms with Gasteiger partial charge in [-0.15, -0.1) is 0 Å². The molecule has 0 spiro atoms. The average Bonchev–Trinajstić information content (AvgIpc) is 3.19. The highest BCUT2D eigenvalue weighted by atomic mass is 32.1. The van der Waals surface area contributed by atoms with Crippen LogP contribution in [0.4, 0.5) is 0 Å². The third-order valence-electron chi connectivity index (χ3n) is 5.21. The van der Waals surface area contributed by atoms with E-state index >= 15 is 0 Å². The molecule has 0 saturated carbocycles. The minimum atomic E-state index is -0.0416. The fourth-order valence-corrected chi connectivity index (χ4v) is 4.44. The summed E-state index contributed by atoms with van der Waals surface area (Å²) in [5, 5.41) is 0.653. The maximum absolute atomic E-state index is 13.0. The van der Waals surface area contributed by atoms with Crippen LogP contribution in [0.1, 0.15) is 23.2 Å². The van der Waals surface area contributed by atoms with Crippen molar-refractivity contribution in [2.75, 3.05) is 34.4 Å². The number of carbonyl (C=O) groups excluding carboxylic acids is 1. The second kappa shape index (κ2) is 8.79. The number of rotatable bonds is 6. The number of piperidine rings is 1. The molecule has 1 fully saturated rings. The Labute approximate surface area is 179 Å². The molecule has 0 N–H and O–H groups in total. The van der Waals surface area contributed by atoms with Crippen LogP contribution in [0.3, 0.4) is 0 Å². The number of amides is 1. The average molecular weight is 429 g/mol. The molecule has 2 heterocycles. The standard InChI is InChI=1S/C22H24N2O5S/c1-26-15-4-6-17(19(12-15)28-3)21(25)24-10-8-14(9-11-24)29-22-23-18-7-5-16(27-2)13-20(18)30-22/h4-7,12-14H,8-11H2,1-3H3. The second-order valence-electron chi connectivity index (χ2n) is 6.99. The Morgan fingerprint density at radius 2 is 1.70 bits per heavy atom. The van der Waals surface area contributed by atoms with Gasteiger partial charge in [-0.05, 0) is 30.3 Å². The minimum absolute atomic E-state index is 0.0364. The van der Waals surface area contributed by atoms with Crippen molar-refractivity contribution in [3.8, 4) is 22.4 Å². The third-order valence-corrected chi connectivity index (χ3v) is 6.12. The van der Waals surface area contributed by atoms with Gasteiger partial charge in [-0.2, -0.15) is 0 Å². The number of methoxy groups -OCH3 is 3. The van der Waals surface area contributed by atoms with Crippen molar-refractivity contribution in [2.24, 2.45) is 0 Å². The SMILES string of the molecule is COc1ccc(C(=O)N2CCC(Oc3nc4ccc(OC)cc4s3)CC2)c(OC)c1. The van der Waals surface area contributed by atoms with Crippen LogP contribution >= 0.6 is 11.3 Å². The maximum atomic E-state index is 13.0. The number of thiazole rings is 1. The van der Waals surface area contributed by atoms with Crippen molar-refractivity contribution in [3.63, 3.8) is 0 Å². The molecule has 4 rings (SSSR count). The lowest BCUT2D eigenvalue weighted by molar-refractivity contribution is 0.0592. The van der Waals surface area contributed by atoms with E-state index in [1.807, 2.05) is 23.1 Å². The van der Waals surface area contributed by atoms with Crippen molar-refractivity contribution in [3.05, 3.63) is 42.0 Å². The summed E-state index contributed by atoms with van der Waals surface area (Å²) in [6, 6.07) is 11.0. The molecule has 0 atom stereocenters. The molecule has 3 aromatic rings. The Hall–Kier alpha value is -3.00. The topological polar surface area (TPSA) is 70.1 Å². The van der Waals surface area contributed by atoms with Gasteiger partial charge in [-0.3, -0.25) is 4.79 Å². The Bertz CT molecular complexity index is 1040. The molecule has 1 aliphatic rings. The van der Waals surface area contributed by atoms with Crippen LogP contribution in [0.15, 0.2) is 36.4 Å². The van der Waals surface area contributed by atoms with Crippen molar-refractivity contribution < 1.29 is 23.7 Å². The van der Waals surface area contributed by atoms with Crippen LogP contribution in [-0.4, -0.2) is 56.3 Å². The Balaban J connectivity index is 1.38. The van der Waals surface area contributed by atoms with E-state index in [-0.39, 0.29) is 12.0 Å². The van der Waals surface area contributed by atoms with Crippen molar-refractivity contribution in [2.45, 2.75) is 18.9 Å². The van der Waals surface area contributed by atoms with Crippen LogP contribution < -0.4 is 18.9 Å². The Morgan fingerprint density at radius 3 is 2.40 bits per heavy atom. The molecule has 1 aromatic heterocycles. The Morgan fingerprint density at radius 1 is 1.00 bits per heavy atom. The first-order valence-corrected chi connectivity index (χ1v) is 10.6. The van der Waals surface area contributed by atoms with E-state index in [1.165, 1.54) is 11.3 Å². The molecule has 0 unspecified atom stereocenters. The zero-order chi connectivity index (χ0) is 21.1. The van der Waals surface area contributed by atoms with E-state index in [4.69, 9.17) is 18.9 Å². The van der Waals surface area contributed by atoms with Crippen LogP contribution in [0.5, 0.6) is 22.4 Å². The lowest BCUT2D eigenvalue weighted by Crippen LogP contribution is -2.41. The van der Waals surface area contributed by atoms with Gasteiger partial charge in [0, 0.05) is 32.0 Å². The third kappa shape index (κ3) is 4.14. The summed E-state index contributed by atoms with van der Waals surface area (Å²) in [6.45, 7) is 1.24. The van der Waals surface area contributed by atoms with Crippen molar-refractivity contribution >= 4 is 27.5 Å². The predicted molar refractivity (Wildman–Crippen MR) is 115 cm³/mol. The molecule has 0 bridgehead atoms. The molecule has 1 amide bonds. The van der Waals surface area contributed by atoms with Gasteiger partial charge in [0.25, 0.3) is 11.1 Å². The first-order chi connectivity index (χ1) is 14.6. The van der Waals surface area contributed by atoms with Crippen LogP contribution in [-0.2, 0) is 0 Å². The molecule has 0 radical (unpaired) electrons. The minimum Gasteiger partial charge on any atom is -0.497 e. The van der Waals surface area contributed by atoms with Crippen molar-refractivity contribution in [1.29, 1.82) is 0 Å². The quantitative estimate of drug-likeness (QED) is 0.591. The number of hydrogen-bond acceptors (Lipinski definition) is 7. The highest BCUT2D eigenvalue weighted by molar-refractivity contribution is 7.20. The number of fused-ring (bicyclic) bond motifs is 1. The summed E-state index contributed by atoms with van der Waals surface area (Å²) in [7, 11) is 4.79. The van der Waals surface area contributed by atoms with Crippen LogP contribution in [0.2, 0.25) is 0 Å². The summed E-state index contributed by atoms with van der Waals surface area (Å²) >= 11 is 1.51. The van der Waals surface area contributed by atoms with Gasteiger partial charge in [0.1, 0.15) is 23.4 Å². The number of benzene rings is 2. The summed E-state index contributed by atoms with van der Waals surface area (Å²) in [5.74, 6) is 1.94. The lowest BCUT2D eigenvalue weighted by Gasteiger charge is -2.32. The molecule has 7 nitrogen and oxygen atoms in total. The molecular formula is C22H24N2O5S. The molecular weight excluding hydrogens is 404 g/mol. The number of aromatic nitrogens is 1. The summed E-state index contributed by atoms with van der Waals surface area (Å²) < 4.78 is 23.0. The van der Waals surface area contributed by atoms with Gasteiger partial charge >= 0.3 is 0 Å². The van der Waals surface area contributed by atoms with Gasteiger partial charge in [-0.1, -0.05) is 11.3 Å². The fraction of sp³-hybridized carbons (Fsp3) is 0.364. The van der Waals surface area contributed by atoms with E-state index in [9.17, 15) is 4.79 Å². The summed E-state index contributed by atoms with van der Waals surface area (Å²) in [5.41, 5.74) is 1.44. The van der Waals surface area contributed by atoms with E-state index in [0.29, 0.717) is 35.3 Å². The van der Waals surface area contributed by atoms with Crippen LogP contribution in [0.25, 0.3) is 10.2 Å². The van der Waals surface area contributed by atoms with Gasteiger partial charge in [0.15, 0.2) is 0 Å². The molecule has 0 aliphatic carbocycles. The molecule has 8 heteroatoms. The number of carbonyl (C=O) groups is 1. The lowest BCUT2D eigenvalue weighted by atomic mass is 10.1. The van der Waals surface area contributed by atoms with E-state index < -0.39 is 0 Å². The molecule has 2 aromatic carbocycles. The molecule has 30 heavy (non-hydrogen) atoms. The van der Waals surface area contributed by atoms with E-state index in [2.05, 4.69) is 4.98 Å². The number of likely N-dealkylation sites (tertiary alicyclic amines) is 1. The zero-order valence-corrected chi connectivity index (χ0v) is 18.0. The van der Waals surface area contributed by atoms with Gasteiger partial charge < -0.3 is 23.8 Å². The monoisotopic (exact) mass is 428 g/mol. The smallest absolute Gasteiger partial charge is 0.274 e. The number of ether oxygens (including phenoxy) is 4. The highest BCUT2D eigenvalue weighted by Crippen LogP contribution is 2.32. The number of nitrogens with zero attached hydrogens (tertiary/aromatic N) is 2. The number of hydrogen-bond donors (Lipinski definition) is 0. The Kier molecular flexibility index (Phi) is 5.94. The zero-order valence-electron chi connectivity index (χ0n) is 17.2. The largest absolute Gasteiger partial charge is 0.497 e. The molecule has 158 valence electrons. The summed E-state index contributed by atoms with van der Waals surface area (Å²) in [6.07, 6.45) is 1.54. The molecule has 1 saturated heterocycles. The molecule has 1 aliphatic heterocycles. The predicted octanol–water partition coefficient (Wildman–Crippen LogP) is 4.01. The van der Waals surface area contributed by atoms with Gasteiger partial charge in [0.05, 0.1) is 37.1 Å². The highest BCUT2D eigenvalue weighted by Gasteiger charge is 2.27. The maximum Gasteiger partial charge on any atom is 0.274 e.